The second-order valence-corrected chi connectivity index (χ2v) is 10.3. The van der Waals surface area contributed by atoms with Gasteiger partial charge in [-0.15, -0.1) is 0 Å². The lowest BCUT2D eigenvalue weighted by Gasteiger charge is -2.44. The van der Waals surface area contributed by atoms with Gasteiger partial charge in [0.2, 0.25) is 0 Å². The van der Waals surface area contributed by atoms with Crippen molar-refractivity contribution < 1.29 is 9.53 Å². The van der Waals surface area contributed by atoms with E-state index in [1.54, 1.807) is 0 Å². The third-order valence-electron chi connectivity index (χ3n) is 8.14. The number of carbonyl (C=O) groups is 1. The van der Waals surface area contributed by atoms with Gasteiger partial charge in [0.25, 0.3) is 5.91 Å². The van der Waals surface area contributed by atoms with Crippen LogP contribution in [0.25, 0.3) is 0 Å². The number of hydrogen-bond donors (Lipinski definition) is 0. The summed E-state index contributed by atoms with van der Waals surface area (Å²) >= 11 is 0. The Bertz CT molecular complexity index is 1330. The Hall–Kier alpha value is -3.51. The minimum atomic E-state index is -0.730. The molecule has 0 fully saturated rings. The highest BCUT2D eigenvalue weighted by molar-refractivity contribution is 6.02. The normalized spacial score (nSPS) is 17.3. The highest BCUT2D eigenvalue weighted by Crippen LogP contribution is 2.58. The van der Waals surface area contributed by atoms with Crippen LogP contribution in [0, 0.1) is 0 Å². The zero-order chi connectivity index (χ0) is 27.0. The van der Waals surface area contributed by atoms with E-state index >= 15 is 0 Å². The summed E-state index contributed by atoms with van der Waals surface area (Å²) in [6.07, 6.45) is 0. The molecule has 2 aliphatic heterocycles. The van der Waals surface area contributed by atoms with Gasteiger partial charge in [-0.1, -0.05) is 30.3 Å². The molecule has 0 aromatic heterocycles. The van der Waals surface area contributed by atoms with Gasteiger partial charge in [-0.3, -0.25) is 4.79 Å². The summed E-state index contributed by atoms with van der Waals surface area (Å²) in [5.41, 5.74) is 5.37. The maximum absolute atomic E-state index is 13.8. The summed E-state index contributed by atoms with van der Waals surface area (Å²) in [7, 11) is 4.21. The van der Waals surface area contributed by atoms with Crippen molar-refractivity contribution in [1.29, 1.82) is 0 Å². The van der Waals surface area contributed by atoms with E-state index in [0.29, 0.717) is 6.54 Å². The fourth-order valence-electron chi connectivity index (χ4n) is 6.21. The molecule has 200 valence electrons. The number of amides is 1. The molecule has 6 nitrogen and oxygen atoms in total. The van der Waals surface area contributed by atoms with Crippen LogP contribution >= 0.6 is 0 Å². The summed E-state index contributed by atoms with van der Waals surface area (Å²) < 4.78 is 6.75. The van der Waals surface area contributed by atoms with E-state index in [2.05, 4.69) is 99.0 Å². The quantitative estimate of drug-likeness (QED) is 0.363. The van der Waals surface area contributed by atoms with Crippen LogP contribution in [0.5, 0.6) is 11.5 Å². The van der Waals surface area contributed by atoms with E-state index in [0.717, 1.165) is 77.9 Å². The van der Waals surface area contributed by atoms with E-state index in [1.165, 1.54) is 0 Å². The lowest BCUT2D eigenvalue weighted by molar-refractivity contribution is 0.0679. The van der Waals surface area contributed by atoms with Crippen LogP contribution in [0.1, 0.15) is 54.7 Å². The Labute approximate surface area is 227 Å². The van der Waals surface area contributed by atoms with Crippen LogP contribution in [0.2, 0.25) is 0 Å². The van der Waals surface area contributed by atoms with Gasteiger partial charge in [0, 0.05) is 79.5 Å². The van der Waals surface area contributed by atoms with Crippen molar-refractivity contribution in [1.82, 2.24) is 9.80 Å². The first-order valence-corrected chi connectivity index (χ1v) is 13.9. The average molecular weight is 513 g/mol. The van der Waals surface area contributed by atoms with Crippen molar-refractivity contribution in [2.24, 2.45) is 0 Å². The Kier molecular flexibility index (Phi) is 7.10. The average Bonchev–Trinajstić information content (AvgIpc) is 3.17. The van der Waals surface area contributed by atoms with E-state index in [9.17, 15) is 4.79 Å². The van der Waals surface area contributed by atoms with Crippen LogP contribution < -0.4 is 14.5 Å². The van der Waals surface area contributed by atoms with Crippen LogP contribution in [-0.4, -0.2) is 69.1 Å². The standard InChI is InChI=1S/C32H40N4O2/c1-7-34(8-2)23-15-17-27-29(21-23)38-30-22-24(35(9-3)20-19-33(5)6)16-18-28(30)32(27)26-14-12-11-13-25(26)31(37)36(32)10-4/h11-18,21-22H,7-10,19-20H2,1-6H3. The molecule has 2 heterocycles. The molecule has 6 heteroatoms. The molecule has 0 radical (unpaired) electrons. The highest BCUT2D eigenvalue weighted by atomic mass is 16.5. The van der Waals surface area contributed by atoms with Gasteiger partial charge in [-0.25, -0.2) is 0 Å². The zero-order valence-corrected chi connectivity index (χ0v) is 23.6. The Balaban J connectivity index is 1.75. The molecular weight excluding hydrogens is 472 g/mol. The van der Waals surface area contributed by atoms with Gasteiger partial charge in [0.05, 0.1) is 0 Å². The first kappa shape index (κ1) is 26.1. The van der Waals surface area contributed by atoms with E-state index < -0.39 is 5.54 Å². The number of ether oxygens (including phenoxy) is 1. The number of hydrogen-bond acceptors (Lipinski definition) is 5. The molecule has 1 unspecified atom stereocenters. The zero-order valence-electron chi connectivity index (χ0n) is 23.6. The second-order valence-electron chi connectivity index (χ2n) is 10.3. The van der Waals surface area contributed by atoms with Crippen LogP contribution in [0.15, 0.2) is 60.7 Å². The maximum Gasteiger partial charge on any atom is 0.255 e. The summed E-state index contributed by atoms with van der Waals surface area (Å²) in [6, 6.07) is 21.1. The van der Waals surface area contributed by atoms with E-state index in [4.69, 9.17) is 4.74 Å². The first-order valence-electron chi connectivity index (χ1n) is 13.9. The largest absolute Gasteiger partial charge is 0.456 e. The predicted octanol–water partition coefficient (Wildman–Crippen LogP) is 5.79. The van der Waals surface area contributed by atoms with Gasteiger partial charge in [-0.2, -0.15) is 0 Å². The van der Waals surface area contributed by atoms with Crippen molar-refractivity contribution in [2.45, 2.75) is 33.2 Å². The van der Waals surface area contributed by atoms with E-state index in [1.807, 2.05) is 23.1 Å². The first-order chi connectivity index (χ1) is 18.4. The summed E-state index contributed by atoms with van der Waals surface area (Å²) in [5.74, 6) is 1.70. The molecule has 2 aliphatic rings. The summed E-state index contributed by atoms with van der Waals surface area (Å²) in [4.78, 5) is 22.8. The van der Waals surface area contributed by atoms with Gasteiger partial charge in [-0.05, 0) is 65.6 Å². The topological polar surface area (TPSA) is 39.3 Å². The molecule has 1 amide bonds. The number of nitrogens with zero attached hydrogens (tertiary/aromatic N) is 4. The molecule has 0 aliphatic carbocycles. The number of fused-ring (bicyclic) bond motifs is 6. The Morgan fingerprint density at radius 1 is 0.737 bits per heavy atom. The van der Waals surface area contributed by atoms with Crippen molar-refractivity contribution >= 4 is 17.3 Å². The molecular formula is C32H40N4O2. The van der Waals surface area contributed by atoms with Crippen LogP contribution in [0.4, 0.5) is 11.4 Å². The van der Waals surface area contributed by atoms with Crippen molar-refractivity contribution in [3.05, 3.63) is 82.9 Å². The molecule has 1 atom stereocenters. The number of anilines is 2. The molecule has 1 spiro atoms. The maximum atomic E-state index is 13.8. The van der Waals surface area contributed by atoms with E-state index in [-0.39, 0.29) is 5.91 Å². The fraction of sp³-hybridized carbons (Fsp3) is 0.406. The minimum Gasteiger partial charge on any atom is -0.456 e. The lowest BCUT2D eigenvalue weighted by atomic mass is 9.74. The number of benzene rings is 3. The minimum absolute atomic E-state index is 0.0694. The molecule has 38 heavy (non-hydrogen) atoms. The number of carbonyl (C=O) groups excluding carboxylic acids is 1. The van der Waals surface area contributed by atoms with Crippen LogP contribution in [-0.2, 0) is 5.54 Å². The monoisotopic (exact) mass is 512 g/mol. The van der Waals surface area contributed by atoms with Crippen LogP contribution in [0.3, 0.4) is 0 Å². The SMILES string of the molecule is CCN(CC)c1ccc2c(c1)Oc1cc(N(CC)CCN(C)C)ccc1C21c2ccccc2C(=O)N1CC. The lowest BCUT2D eigenvalue weighted by Crippen LogP contribution is -2.47. The summed E-state index contributed by atoms with van der Waals surface area (Å²) in [5, 5.41) is 0. The molecule has 0 saturated carbocycles. The third-order valence-corrected chi connectivity index (χ3v) is 8.14. The third kappa shape index (κ3) is 3.93. The Morgan fingerprint density at radius 3 is 1.87 bits per heavy atom. The van der Waals surface area contributed by atoms with Crippen molar-refractivity contribution in [3.8, 4) is 11.5 Å². The molecule has 3 aromatic carbocycles. The van der Waals surface area contributed by atoms with Crippen molar-refractivity contribution in [2.75, 3.05) is 63.2 Å². The number of rotatable bonds is 9. The smallest absolute Gasteiger partial charge is 0.255 e. The van der Waals surface area contributed by atoms with Gasteiger partial charge in [0.15, 0.2) is 0 Å². The van der Waals surface area contributed by atoms with Gasteiger partial charge in [0.1, 0.15) is 17.0 Å². The number of likely N-dealkylation sites (N-methyl/N-ethyl adjacent to an activating group) is 2. The predicted molar refractivity (Wildman–Crippen MR) is 156 cm³/mol. The Morgan fingerprint density at radius 2 is 1.32 bits per heavy atom. The fourth-order valence-corrected chi connectivity index (χ4v) is 6.21. The summed E-state index contributed by atoms with van der Waals surface area (Å²) in [6.45, 7) is 13.8. The molecule has 3 aromatic rings. The van der Waals surface area contributed by atoms with Gasteiger partial charge >= 0.3 is 0 Å². The second kappa shape index (κ2) is 10.3. The van der Waals surface area contributed by atoms with Gasteiger partial charge < -0.3 is 24.3 Å². The highest BCUT2D eigenvalue weighted by Gasteiger charge is 2.55. The van der Waals surface area contributed by atoms with Crippen molar-refractivity contribution in [3.63, 3.8) is 0 Å². The molecule has 0 bridgehead atoms. The molecule has 5 rings (SSSR count). The molecule has 0 saturated heterocycles. The molecule has 0 N–H and O–H groups in total.